The zero-order valence-electron chi connectivity index (χ0n) is 22.5. The van der Waals surface area contributed by atoms with E-state index in [1.807, 2.05) is 59.2 Å². The molecule has 9 nitrogen and oxygen atoms in total. The van der Waals surface area contributed by atoms with Gasteiger partial charge in [-0.2, -0.15) is 5.10 Å². The first-order valence-electron chi connectivity index (χ1n) is 12.3. The molecular weight excluding hydrogens is 514 g/mol. The Kier molecular flexibility index (Phi) is 9.22. The van der Waals surface area contributed by atoms with Gasteiger partial charge in [0.25, 0.3) is 5.91 Å². The Bertz CT molecular complexity index is 1410. The first-order valence-corrected chi connectivity index (χ1v) is 13.3. The lowest BCUT2D eigenvalue weighted by Crippen LogP contribution is -2.20. The number of hydrogen-bond acceptors (Lipinski definition) is 8. The predicted molar refractivity (Wildman–Crippen MR) is 153 cm³/mol. The Morgan fingerprint density at radius 1 is 0.974 bits per heavy atom. The van der Waals surface area contributed by atoms with Gasteiger partial charge in [0.1, 0.15) is 0 Å². The van der Waals surface area contributed by atoms with Crippen LogP contribution in [0.1, 0.15) is 30.9 Å². The van der Waals surface area contributed by atoms with Gasteiger partial charge in [-0.1, -0.05) is 68.1 Å². The molecule has 0 atom stereocenters. The molecule has 3 aromatic carbocycles. The molecule has 1 aromatic heterocycles. The lowest BCUT2D eigenvalue weighted by atomic mass is 10.0. The van der Waals surface area contributed by atoms with Gasteiger partial charge in [-0.05, 0) is 41.3 Å². The highest BCUT2D eigenvalue weighted by molar-refractivity contribution is 7.99. The van der Waals surface area contributed by atoms with Crippen LogP contribution in [0.25, 0.3) is 17.1 Å². The molecule has 1 heterocycles. The quantitative estimate of drug-likeness (QED) is 0.155. The number of thioether (sulfide) groups is 1. The van der Waals surface area contributed by atoms with Crippen LogP contribution < -0.4 is 19.6 Å². The van der Waals surface area contributed by atoms with Crippen LogP contribution >= 0.6 is 11.8 Å². The first kappa shape index (κ1) is 27.7. The summed E-state index contributed by atoms with van der Waals surface area (Å²) in [6.07, 6.45) is 1.63. The molecule has 0 saturated heterocycles. The van der Waals surface area contributed by atoms with E-state index in [2.05, 4.69) is 46.7 Å². The minimum absolute atomic E-state index is 0.101. The minimum Gasteiger partial charge on any atom is -0.493 e. The number of para-hydroxylation sites is 1. The molecule has 0 radical (unpaired) electrons. The summed E-state index contributed by atoms with van der Waals surface area (Å²) >= 11 is 1.26. The SMILES string of the molecule is COc1cc(-c2nnc(SCC(=O)N/N=C\c3ccc(C(C)C)cc3)n2-c2ccccc2)cc(OC)c1OC. The molecule has 4 aromatic rings. The number of amides is 1. The second kappa shape index (κ2) is 13.0. The average molecular weight is 546 g/mol. The molecule has 0 fully saturated rings. The van der Waals surface area contributed by atoms with Crippen molar-refractivity contribution in [2.75, 3.05) is 27.1 Å². The normalized spacial score (nSPS) is 11.1. The van der Waals surface area contributed by atoms with Crippen LogP contribution in [0.2, 0.25) is 0 Å². The summed E-state index contributed by atoms with van der Waals surface area (Å²) in [5.74, 6) is 2.35. The van der Waals surface area contributed by atoms with Crippen LogP contribution in [0.3, 0.4) is 0 Å². The average Bonchev–Trinajstić information content (AvgIpc) is 3.40. The Hall–Kier alpha value is -4.31. The summed E-state index contributed by atoms with van der Waals surface area (Å²) in [5, 5.41) is 13.5. The van der Waals surface area contributed by atoms with Crippen molar-refractivity contribution < 1.29 is 19.0 Å². The molecule has 39 heavy (non-hydrogen) atoms. The number of carbonyl (C=O) groups is 1. The standard InChI is InChI=1S/C29H31N5O4S/c1-19(2)21-13-11-20(12-14-21)17-30-31-26(35)18-39-29-33-32-28(34(29)23-9-7-6-8-10-23)22-15-24(36-3)27(38-5)25(16-22)37-4/h6-17,19H,18H2,1-5H3,(H,31,35)/b30-17-. The molecule has 0 bridgehead atoms. The van der Waals surface area contributed by atoms with Gasteiger partial charge in [-0.3, -0.25) is 9.36 Å². The summed E-state index contributed by atoms with van der Waals surface area (Å²) in [6, 6.07) is 21.4. The van der Waals surface area contributed by atoms with E-state index >= 15 is 0 Å². The van der Waals surface area contributed by atoms with Crippen molar-refractivity contribution in [2.24, 2.45) is 5.10 Å². The highest BCUT2D eigenvalue weighted by Gasteiger charge is 2.21. The molecule has 202 valence electrons. The summed E-state index contributed by atoms with van der Waals surface area (Å²) in [4.78, 5) is 12.6. The molecule has 4 rings (SSSR count). The number of ether oxygens (including phenoxy) is 3. The van der Waals surface area contributed by atoms with E-state index in [0.717, 1.165) is 11.3 Å². The van der Waals surface area contributed by atoms with E-state index < -0.39 is 0 Å². The van der Waals surface area contributed by atoms with Gasteiger partial charge in [0.15, 0.2) is 22.5 Å². The molecule has 0 aliphatic rings. The van der Waals surface area contributed by atoms with Crippen LogP contribution in [0.15, 0.2) is 77.0 Å². The minimum atomic E-state index is -0.257. The van der Waals surface area contributed by atoms with E-state index in [1.165, 1.54) is 17.3 Å². The van der Waals surface area contributed by atoms with Crippen molar-refractivity contribution in [3.63, 3.8) is 0 Å². The van der Waals surface area contributed by atoms with Gasteiger partial charge >= 0.3 is 0 Å². The molecule has 0 aliphatic heterocycles. The molecule has 0 spiro atoms. The second-order valence-corrected chi connectivity index (χ2v) is 9.74. The van der Waals surface area contributed by atoms with E-state index in [0.29, 0.717) is 39.7 Å². The van der Waals surface area contributed by atoms with Crippen molar-refractivity contribution in [1.82, 2.24) is 20.2 Å². The monoisotopic (exact) mass is 545 g/mol. The van der Waals surface area contributed by atoms with E-state index in [9.17, 15) is 4.79 Å². The Morgan fingerprint density at radius 2 is 1.64 bits per heavy atom. The van der Waals surface area contributed by atoms with Crippen molar-refractivity contribution in [3.05, 3.63) is 77.9 Å². The number of nitrogens with one attached hydrogen (secondary N) is 1. The summed E-state index contributed by atoms with van der Waals surface area (Å²) < 4.78 is 18.4. The Balaban J connectivity index is 1.55. The molecule has 0 unspecified atom stereocenters. The largest absolute Gasteiger partial charge is 0.493 e. The lowest BCUT2D eigenvalue weighted by molar-refractivity contribution is -0.118. The van der Waals surface area contributed by atoms with Gasteiger partial charge in [0.2, 0.25) is 5.75 Å². The number of benzene rings is 3. The third-order valence-electron chi connectivity index (χ3n) is 5.91. The van der Waals surface area contributed by atoms with E-state index in [-0.39, 0.29) is 11.7 Å². The van der Waals surface area contributed by atoms with Gasteiger partial charge in [0, 0.05) is 11.3 Å². The smallest absolute Gasteiger partial charge is 0.250 e. The molecule has 10 heteroatoms. The number of hydrazone groups is 1. The van der Waals surface area contributed by atoms with Crippen molar-refractivity contribution >= 4 is 23.9 Å². The Labute approximate surface area is 232 Å². The highest BCUT2D eigenvalue weighted by atomic mass is 32.2. The first-order chi connectivity index (χ1) is 18.9. The maximum absolute atomic E-state index is 12.6. The maximum atomic E-state index is 12.6. The van der Waals surface area contributed by atoms with Crippen molar-refractivity contribution in [2.45, 2.75) is 24.9 Å². The summed E-state index contributed by atoms with van der Waals surface area (Å²) in [5.41, 5.74) is 6.30. The summed E-state index contributed by atoms with van der Waals surface area (Å²) in [6.45, 7) is 4.29. The lowest BCUT2D eigenvalue weighted by Gasteiger charge is -2.15. The van der Waals surface area contributed by atoms with Crippen LogP contribution in [0.5, 0.6) is 17.2 Å². The van der Waals surface area contributed by atoms with Crippen LogP contribution in [0, 0.1) is 0 Å². The van der Waals surface area contributed by atoms with Gasteiger partial charge < -0.3 is 14.2 Å². The topological polar surface area (TPSA) is 99.9 Å². The van der Waals surface area contributed by atoms with E-state index in [1.54, 1.807) is 27.5 Å². The number of aromatic nitrogens is 3. The van der Waals surface area contributed by atoms with Crippen LogP contribution in [0.4, 0.5) is 0 Å². The number of methoxy groups -OCH3 is 3. The number of rotatable bonds is 11. The molecule has 1 amide bonds. The van der Waals surface area contributed by atoms with E-state index in [4.69, 9.17) is 14.2 Å². The molecule has 1 N–H and O–H groups in total. The number of hydrogen-bond donors (Lipinski definition) is 1. The number of carbonyl (C=O) groups excluding carboxylic acids is 1. The fourth-order valence-electron chi connectivity index (χ4n) is 3.88. The predicted octanol–water partition coefficient (Wildman–Crippen LogP) is 5.33. The number of nitrogens with zero attached hydrogens (tertiary/aromatic N) is 4. The van der Waals surface area contributed by atoms with Gasteiger partial charge in [0.05, 0.1) is 33.3 Å². The summed E-state index contributed by atoms with van der Waals surface area (Å²) in [7, 11) is 4.68. The molecular formula is C29H31N5O4S. The van der Waals surface area contributed by atoms with Gasteiger partial charge in [-0.25, -0.2) is 5.43 Å². The second-order valence-electron chi connectivity index (χ2n) is 8.79. The zero-order valence-corrected chi connectivity index (χ0v) is 23.4. The maximum Gasteiger partial charge on any atom is 0.250 e. The van der Waals surface area contributed by atoms with Crippen LogP contribution in [-0.2, 0) is 4.79 Å². The zero-order chi connectivity index (χ0) is 27.8. The Morgan fingerprint density at radius 3 is 2.23 bits per heavy atom. The molecule has 0 saturated carbocycles. The highest BCUT2D eigenvalue weighted by Crippen LogP contribution is 2.41. The van der Waals surface area contributed by atoms with Crippen molar-refractivity contribution in [1.29, 1.82) is 0 Å². The fourth-order valence-corrected chi connectivity index (χ4v) is 4.62. The fraction of sp³-hybridized carbons (Fsp3) is 0.241. The van der Waals surface area contributed by atoms with Crippen LogP contribution in [-0.4, -0.2) is 54.0 Å². The molecule has 0 aliphatic carbocycles. The third-order valence-corrected chi connectivity index (χ3v) is 6.84. The van der Waals surface area contributed by atoms with Gasteiger partial charge in [-0.15, -0.1) is 10.2 Å². The third kappa shape index (κ3) is 6.58. The van der Waals surface area contributed by atoms with Crippen molar-refractivity contribution in [3.8, 4) is 34.3 Å².